The minimum absolute atomic E-state index is 0.0405. The molecule has 2 saturated heterocycles. The van der Waals surface area contributed by atoms with E-state index in [0.717, 1.165) is 28.7 Å². The van der Waals surface area contributed by atoms with Gasteiger partial charge in [-0.25, -0.2) is 9.07 Å². The van der Waals surface area contributed by atoms with Gasteiger partial charge in [-0.3, -0.25) is 9.59 Å². The summed E-state index contributed by atoms with van der Waals surface area (Å²) in [6.45, 7) is 1.52. The van der Waals surface area contributed by atoms with Gasteiger partial charge >= 0.3 is 0 Å². The van der Waals surface area contributed by atoms with Gasteiger partial charge in [-0.15, -0.1) is 5.10 Å². The summed E-state index contributed by atoms with van der Waals surface area (Å²) in [7, 11) is 1.84. The Labute approximate surface area is 232 Å². The molecule has 0 unspecified atom stereocenters. The summed E-state index contributed by atoms with van der Waals surface area (Å²) in [4.78, 5) is 29.1. The van der Waals surface area contributed by atoms with Crippen molar-refractivity contribution in [1.82, 2.24) is 30.5 Å². The molecule has 3 heterocycles. The summed E-state index contributed by atoms with van der Waals surface area (Å²) < 4.78 is 15.6. The molecule has 2 fully saturated rings. The Kier molecular flexibility index (Phi) is 7.30. The second-order valence-electron chi connectivity index (χ2n) is 11.0. The lowest BCUT2D eigenvalue weighted by atomic mass is 9.96. The molecule has 2 aliphatic rings. The maximum atomic E-state index is 13.8. The van der Waals surface area contributed by atoms with Gasteiger partial charge in [0.1, 0.15) is 17.4 Å². The fraction of sp³-hybridized carbons (Fsp3) is 0.355. The molecule has 0 saturated carbocycles. The minimum atomic E-state index is -0.580. The number of aromatic nitrogens is 3. The Bertz CT molecular complexity index is 1520. The number of fused-ring (bicyclic) bond motifs is 1. The lowest BCUT2D eigenvalue weighted by Crippen LogP contribution is -2.51. The summed E-state index contributed by atoms with van der Waals surface area (Å²) in [5.41, 5.74) is 4.68. The number of benzene rings is 3. The normalized spacial score (nSPS) is 22.6. The molecule has 40 heavy (non-hydrogen) atoms. The van der Waals surface area contributed by atoms with Crippen LogP contribution in [0.15, 0.2) is 72.8 Å². The molecule has 4 aromatic rings. The van der Waals surface area contributed by atoms with Crippen LogP contribution in [-0.4, -0.2) is 56.9 Å². The third-order valence-corrected chi connectivity index (χ3v) is 8.23. The van der Waals surface area contributed by atoms with E-state index < -0.39 is 6.04 Å². The van der Waals surface area contributed by atoms with Crippen LogP contribution in [0.25, 0.3) is 11.0 Å². The Balaban J connectivity index is 1.16. The number of rotatable bonds is 7. The van der Waals surface area contributed by atoms with Gasteiger partial charge in [0.25, 0.3) is 0 Å². The van der Waals surface area contributed by atoms with Crippen molar-refractivity contribution in [3.63, 3.8) is 0 Å². The van der Waals surface area contributed by atoms with E-state index in [9.17, 15) is 14.0 Å². The van der Waals surface area contributed by atoms with E-state index in [1.807, 2.05) is 49.5 Å². The van der Waals surface area contributed by atoms with Crippen molar-refractivity contribution in [3.8, 4) is 0 Å². The molecule has 4 atom stereocenters. The third kappa shape index (κ3) is 5.47. The standard InChI is InChI=1S/C31H33FN6O2/c1-37-28-11-10-21(14-26(28)35-36-37)17-34-30(39)29-15-22(12-20-6-5-9-25(32)13-20)19-38(29)31(40)27-16-24(18-33-27)23-7-3-2-4-8-23/h2-11,13-14,22,24,27,29,33H,12,15-19H2,1H3,(H,34,39)/t22-,24-,27-,29+/m1/s1. The van der Waals surface area contributed by atoms with Crippen molar-refractivity contribution in [2.24, 2.45) is 13.0 Å². The molecule has 8 nitrogen and oxygen atoms in total. The highest BCUT2D eigenvalue weighted by Gasteiger charge is 2.43. The molecule has 3 aromatic carbocycles. The molecule has 0 aliphatic carbocycles. The zero-order valence-electron chi connectivity index (χ0n) is 22.5. The summed E-state index contributed by atoms with van der Waals surface area (Å²) in [6, 6.07) is 21.7. The fourth-order valence-electron chi connectivity index (χ4n) is 6.17. The van der Waals surface area contributed by atoms with Crippen LogP contribution in [0.5, 0.6) is 0 Å². The maximum Gasteiger partial charge on any atom is 0.243 e. The molecule has 0 bridgehead atoms. The Morgan fingerprint density at radius 2 is 1.88 bits per heavy atom. The zero-order chi connectivity index (χ0) is 27.6. The van der Waals surface area contributed by atoms with Crippen LogP contribution in [0, 0.1) is 11.7 Å². The number of hydrogen-bond acceptors (Lipinski definition) is 5. The van der Waals surface area contributed by atoms with Crippen LogP contribution in [0.3, 0.4) is 0 Å². The number of nitrogens with one attached hydrogen (secondary N) is 2. The molecular formula is C31H33FN6O2. The van der Waals surface area contributed by atoms with Gasteiger partial charge in [-0.1, -0.05) is 53.7 Å². The summed E-state index contributed by atoms with van der Waals surface area (Å²) in [6.07, 6.45) is 1.84. The van der Waals surface area contributed by atoms with Crippen LogP contribution in [-0.2, 0) is 29.6 Å². The van der Waals surface area contributed by atoms with Gasteiger partial charge in [0, 0.05) is 26.7 Å². The van der Waals surface area contributed by atoms with Crippen molar-refractivity contribution in [1.29, 1.82) is 0 Å². The zero-order valence-corrected chi connectivity index (χ0v) is 22.5. The average molecular weight is 541 g/mol. The molecular weight excluding hydrogens is 507 g/mol. The number of aryl methyl sites for hydroxylation is 1. The van der Waals surface area contributed by atoms with Crippen molar-refractivity contribution >= 4 is 22.8 Å². The smallest absolute Gasteiger partial charge is 0.243 e. The summed E-state index contributed by atoms with van der Waals surface area (Å²) in [5, 5.41) is 14.7. The largest absolute Gasteiger partial charge is 0.350 e. The number of nitrogens with zero attached hydrogens (tertiary/aromatic N) is 4. The molecule has 2 N–H and O–H groups in total. The number of halogens is 1. The highest BCUT2D eigenvalue weighted by molar-refractivity contribution is 5.90. The molecule has 1 aromatic heterocycles. The quantitative estimate of drug-likeness (QED) is 0.375. The number of carbonyl (C=O) groups is 2. The lowest BCUT2D eigenvalue weighted by molar-refractivity contribution is -0.139. The molecule has 2 aliphatic heterocycles. The van der Waals surface area contributed by atoms with E-state index in [4.69, 9.17) is 0 Å². The Hall–Kier alpha value is -4.11. The van der Waals surface area contributed by atoms with Crippen LogP contribution in [0.2, 0.25) is 0 Å². The number of likely N-dealkylation sites (tertiary alicyclic amines) is 1. The van der Waals surface area contributed by atoms with E-state index in [1.54, 1.807) is 15.6 Å². The van der Waals surface area contributed by atoms with Crippen molar-refractivity contribution < 1.29 is 14.0 Å². The molecule has 9 heteroatoms. The maximum absolute atomic E-state index is 13.8. The third-order valence-electron chi connectivity index (χ3n) is 8.23. The van der Waals surface area contributed by atoms with Gasteiger partial charge in [-0.2, -0.15) is 0 Å². The SMILES string of the molecule is Cn1nnc2cc(CNC(=O)[C@@H]3C[C@@H](Cc4cccc(F)c4)CN3C(=O)[C@H]3C[C@@H](c4ccccc4)CN3)ccc21. The van der Waals surface area contributed by atoms with E-state index in [2.05, 4.69) is 33.1 Å². The predicted octanol–water partition coefficient (Wildman–Crippen LogP) is 3.33. The van der Waals surface area contributed by atoms with Gasteiger partial charge < -0.3 is 15.5 Å². The molecule has 0 radical (unpaired) electrons. The molecule has 206 valence electrons. The topological polar surface area (TPSA) is 92.2 Å². The Morgan fingerprint density at radius 1 is 1.02 bits per heavy atom. The Morgan fingerprint density at radius 3 is 2.70 bits per heavy atom. The summed E-state index contributed by atoms with van der Waals surface area (Å²) in [5.74, 6) is -0.180. The minimum Gasteiger partial charge on any atom is -0.350 e. The van der Waals surface area contributed by atoms with Gasteiger partial charge in [-0.05, 0) is 72.1 Å². The number of hydrogen-bond donors (Lipinski definition) is 2. The second kappa shape index (κ2) is 11.2. The van der Waals surface area contributed by atoms with Crippen molar-refractivity contribution in [3.05, 3.63) is 95.3 Å². The van der Waals surface area contributed by atoms with Crippen LogP contribution in [0.4, 0.5) is 4.39 Å². The molecule has 2 amide bonds. The monoisotopic (exact) mass is 540 g/mol. The van der Waals surface area contributed by atoms with E-state index >= 15 is 0 Å². The first-order valence-corrected chi connectivity index (χ1v) is 13.8. The molecule has 6 rings (SSSR count). The first kappa shape index (κ1) is 26.1. The van der Waals surface area contributed by atoms with Gasteiger partial charge in [0.05, 0.1) is 11.6 Å². The van der Waals surface area contributed by atoms with Crippen LogP contribution < -0.4 is 10.6 Å². The predicted molar refractivity (Wildman–Crippen MR) is 150 cm³/mol. The van der Waals surface area contributed by atoms with E-state index in [0.29, 0.717) is 32.4 Å². The number of amides is 2. The van der Waals surface area contributed by atoms with Crippen molar-refractivity contribution in [2.75, 3.05) is 13.1 Å². The second-order valence-corrected chi connectivity index (χ2v) is 11.0. The lowest BCUT2D eigenvalue weighted by Gasteiger charge is -2.27. The van der Waals surface area contributed by atoms with E-state index in [1.165, 1.54) is 17.7 Å². The van der Waals surface area contributed by atoms with Crippen LogP contribution in [0.1, 0.15) is 35.4 Å². The highest BCUT2D eigenvalue weighted by Crippen LogP contribution is 2.31. The fourth-order valence-corrected chi connectivity index (χ4v) is 6.17. The first-order valence-electron chi connectivity index (χ1n) is 13.8. The van der Waals surface area contributed by atoms with Gasteiger partial charge in [0.15, 0.2) is 0 Å². The van der Waals surface area contributed by atoms with Crippen LogP contribution >= 0.6 is 0 Å². The highest BCUT2D eigenvalue weighted by atomic mass is 19.1. The summed E-state index contributed by atoms with van der Waals surface area (Å²) >= 11 is 0. The number of carbonyl (C=O) groups excluding carboxylic acids is 2. The van der Waals surface area contributed by atoms with E-state index in [-0.39, 0.29) is 35.5 Å². The molecule has 0 spiro atoms. The van der Waals surface area contributed by atoms with Crippen molar-refractivity contribution in [2.45, 2.75) is 43.8 Å². The van der Waals surface area contributed by atoms with Gasteiger partial charge in [0.2, 0.25) is 11.8 Å². The first-order chi connectivity index (χ1) is 19.4. The average Bonchev–Trinajstić information content (AvgIpc) is 3.71.